The van der Waals surface area contributed by atoms with Crippen LogP contribution in [0.5, 0.6) is 0 Å². The lowest BCUT2D eigenvalue weighted by Gasteiger charge is -2.38. The first-order valence-corrected chi connectivity index (χ1v) is 9.39. The minimum atomic E-state index is 0.0904. The molecule has 1 atom stereocenters. The van der Waals surface area contributed by atoms with Crippen LogP contribution in [0.4, 0.5) is 0 Å². The molecule has 0 saturated carbocycles. The van der Waals surface area contributed by atoms with Gasteiger partial charge in [0, 0.05) is 32.2 Å². The molecular formula is C22H29N3O. The summed E-state index contributed by atoms with van der Waals surface area (Å²) in [7, 11) is 1.83. The predicted molar refractivity (Wildman–Crippen MR) is 108 cm³/mol. The molecule has 0 amide bonds. The molecule has 4 nitrogen and oxygen atoms in total. The van der Waals surface area contributed by atoms with Crippen LogP contribution in [0, 0.1) is 0 Å². The van der Waals surface area contributed by atoms with E-state index in [0.717, 1.165) is 38.6 Å². The van der Waals surface area contributed by atoms with E-state index in [4.69, 9.17) is 4.74 Å². The van der Waals surface area contributed by atoms with E-state index in [-0.39, 0.29) is 11.5 Å². The highest BCUT2D eigenvalue weighted by Crippen LogP contribution is 2.34. The molecule has 1 saturated heterocycles. The minimum Gasteiger partial charge on any atom is -0.381 e. The van der Waals surface area contributed by atoms with Crippen LogP contribution in [0.1, 0.15) is 36.9 Å². The summed E-state index contributed by atoms with van der Waals surface area (Å²) >= 11 is 0. The van der Waals surface area contributed by atoms with E-state index in [1.807, 2.05) is 13.1 Å². The van der Waals surface area contributed by atoms with Gasteiger partial charge in [0.05, 0.1) is 6.04 Å². The Labute approximate surface area is 156 Å². The average molecular weight is 351 g/mol. The van der Waals surface area contributed by atoms with Crippen LogP contribution in [0.15, 0.2) is 65.7 Å². The molecule has 2 N–H and O–H groups in total. The largest absolute Gasteiger partial charge is 0.381 e. The summed E-state index contributed by atoms with van der Waals surface area (Å²) in [5.74, 6) is 0.836. The topological polar surface area (TPSA) is 45.7 Å². The molecule has 138 valence electrons. The van der Waals surface area contributed by atoms with Crippen molar-refractivity contribution in [2.75, 3.05) is 26.8 Å². The maximum absolute atomic E-state index is 5.63. The van der Waals surface area contributed by atoms with Crippen molar-refractivity contribution in [2.24, 2.45) is 4.99 Å². The van der Waals surface area contributed by atoms with Crippen molar-refractivity contribution in [3.8, 4) is 0 Å². The summed E-state index contributed by atoms with van der Waals surface area (Å²) in [4.78, 5) is 4.43. The number of hydrogen-bond donors (Lipinski definition) is 2. The second kappa shape index (κ2) is 8.86. The van der Waals surface area contributed by atoms with Gasteiger partial charge in [-0.3, -0.25) is 4.99 Å². The second-order valence-corrected chi connectivity index (χ2v) is 6.96. The fourth-order valence-electron chi connectivity index (χ4n) is 3.60. The zero-order valence-electron chi connectivity index (χ0n) is 15.7. The van der Waals surface area contributed by atoms with Gasteiger partial charge in [0.1, 0.15) is 0 Å². The van der Waals surface area contributed by atoms with E-state index in [2.05, 4.69) is 77.1 Å². The number of nitrogens with zero attached hydrogens (tertiary/aromatic N) is 1. The Morgan fingerprint density at radius 3 is 2.27 bits per heavy atom. The smallest absolute Gasteiger partial charge is 0.191 e. The molecule has 1 heterocycles. The Hall–Kier alpha value is -2.33. The summed E-state index contributed by atoms with van der Waals surface area (Å²) < 4.78 is 5.63. The quantitative estimate of drug-likeness (QED) is 0.638. The Balaban J connectivity index is 1.67. The van der Waals surface area contributed by atoms with Crippen LogP contribution in [-0.2, 0) is 10.2 Å². The van der Waals surface area contributed by atoms with Gasteiger partial charge >= 0.3 is 0 Å². The molecule has 3 rings (SSSR count). The monoisotopic (exact) mass is 351 g/mol. The molecule has 1 unspecified atom stereocenters. The average Bonchev–Trinajstić information content (AvgIpc) is 2.73. The summed E-state index contributed by atoms with van der Waals surface area (Å²) in [6.07, 6.45) is 2.05. The van der Waals surface area contributed by atoms with Crippen LogP contribution in [-0.4, -0.2) is 32.8 Å². The van der Waals surface area contributed by atoms with Crippen molar-refractivity contribution in [3.63, 3.8) is 0 Å². The summed E-state index contributed by atoms with van der Waals surface area (Å²) in [6.45, 7) is 4.62. The molecule has 0 aliphatic carbocycles. The molecular weight excluding hydrogens is 322 g/mol. The standard InChI is InChI=1S/C22H29N3O/c1-18(19-9-5-3-6-10-19)25-21(23-2)24-17-22(13-15-26-16-14-22)20-11-7-4-8-12-20/h3-12,18H,13-17H2,1-2H3,(H2,23,24,25). The van der Waals surface area contributed by atoms with E-state index in [9.17, 15) is 0 Å². The molecule has 2 aromatic rings. The molecule has 0 aromatic heterocycles. The van der Waals surface area contributed by atoms with Gasteiger partial charge < -0.3 is 15.4 Å². The Kier molecular flexibility index (Phi) is 6.29. The van der Waals surface area contributed by atoms with Crippen LogP contribution in [0.3, 0.4) is 0 Å². The van der Waals surface area contributed by atoms with Gasteiger partial charge in [-0.25, -0.2) is 0 Å². The lowest BCUT2D eigenvalue weighted by Crippen LogP contribution is -2.48. The molecule has 1 fully saturated rings. The maximum Gasteiger partial charge on any atom is 0.191 e. The highest BCUT2D eigenvalue weighted by molar-refractivity contribution is 5.80. The van der Waals surface area contributed by atoms with Crippen LogP contribution >= 0.6 is 0 Å². The third-order valence-corrected chi connectivity index (χ3v) is 5.31. The van der Waals surface area contributed by atoms with E-state index in [1.54, 1.807) is 0 Å². The zero-order valence-corrected chi connectivity index (χ0v) is 15.7. The van der Waals surface area contributed by atoms with E-state index < -0.39 is 0 Å². The first-order valence-electron chi connectivity index (χ1n) is 9.39. The molecule has 0 bridgehead atoms. The highest BCUT2D eigenvalue weighted by Gasteiger charge is 2.34. The third-order valence-electron chi connectivity index (χ3n) is 5.31. The molecule has 26 heavy (non-hydrogen) atoms. The van der Waals surface area contributed by atoms with E-state index in [0.29, 0.717) is 0 Å². The highest BCUT2D eigenvalue weighted by atomic mass is 16.5. The first kappa shape index (κ1) is 18.5. The van der Waals surface area contributed by atoms with E-state index >= 15 is 0 Å². The number of nitrogens with one attached hydrogen (secondary N) is 2. The minimum absolute atomic E-state index is 0.0904. The lowest BCUT2D eigenvalue weighted by molar-refractivity contribution is 0.0513. The fourth-order valence-corrected chi connectivity index (χ4v) is 3.60. The third kappa shape index (κ3) is 4.44. The van der Waals surface area contributed by atoms with Gasteiger partial charge in [0.25, 0.3) is 0 Å². The zero-order chi connectivity index (χ0) is 18.2. The number of hydrogen-bond acceptors (Lipinski definition) is 2. The van der Waals surface area contributed by atoms with E-state index in [1.165, 1.54) is 11.1 Å². The molecule has 0 spiro atoms. The van der Waals surface area contributed by atoms with Crippen molar-refractivity contribution in [1.29, 1.82) is 0 Å². The van der Waals surface area contributed by atoms with Gasteiger partial charge in [-0.15, -0.1) is 0 Å². The molecule has 0 radical (unpaired) electrons. The molecule has 2 aromatic carbocycles. The van der Waals surface area contributed by atoms with Crippen molar-refractivity contribution in [1.82, 2.24) is 10.6 Å². The van der Waals surface area contributed by atoms with Crippen molar-refractivity contribution in [3.05, 3.63) is 71.8 Å². The summed E-state index contributed by atoms with van der Waals surface area (Å²) in [5.41, 5.74) is 2.72. The van der Waals surface area contributed by atoms with Gasteiger partial charge in [-0.05, 0) is 30.9 Å². The number of aliphatic imine (C=N–C) groups is 1. The van der Waals surface area contributed by atoms with Crippen LogP contribution < -0.4 is 10.6 Å². The van der Waals surface area contributed by atoms with Crippen molar-refractivity contribution < 1.29 is 4.74 Å². The Bertz CT molecular complexity index is 694. The molecule has 1 aliphatic heterocycles. The lowest BCUT2D eigenvalue weighted by atomic mass is 9.74. The van der Waals surface area contributed by atoms with Gasteiger partial charge in [0.15, 0.2) is 5.96 Å². The number of benzene rings is 2. The van der Waals surface area contributed by atoms with Crippen molar-refractivity contribution in [2.45, 2.75) is 31.2 Å². The Morgan fingerprint density at radius 1 is 1.04 bits per heavy atom. The first-order chi connectivity index (χ1) is 12.7. The number of rotatable bonds is 5. The number of ether oxygens (including phenoxy) is 1. The summed E-state index contributed by atoms with van der Waals surface area (Å²) in [6, 6.07) is 21.4. The van der Waals surface area contributed by atoms with Crippen LogP contribution in [0.25, 0.3) is 0 Å². The molecule has 1 aliphatic rings. The fraction of sp³-hybridized carbons (Fsp3) is 0.409. The van der Waals surface area contributed by atoms with Gasteiger partial charge in [0.2, 0.25) is 0 Å². The Morgan fingerprint density at radius 2 is 1.65 bits per heavy atom. The summed E-state index contributed by atoms with van der Waals surface area (Å²) in [5, 5.41) is 7.06. The second-order valence-electron chi connectivity index (χ2n) is 6.96. The van der Waals surface area contributed by atoms with Gasteiger partial charge in [-0.1, -0.05) is 60.7 Å². The molecule has 4 heteroatoms. The van der Waals surface area contributed by atoms with Gasteiger partial charge in [-0.2, -0.15) is 0 Å². The van der Waals surface area contributed by atoms with Crippen LogP contribution in [0.2, 0.25) is 0 Å². The SMILES string of the molecule is CN=C(NCC1(c2ccccc2)CCOCC1)NC(C)c1ccccc1. The normalized spacial score (nSPS) is 18.2. The maximum atomic E-state index is 5.63. The number of guanidine groups is 1. The predicted octanol–water partition coefficient (Wildman–Crippen LogP) is 3.66. The van der Waals surface area contributed by atoms with Crippen molar-refractivity contribution >= 4 is 5.96 Å².